The SMILES string of the molecule is C=CCNCCC(=O)N(CC)C1CCCCC1. The van der Waals surface area contributed by atoms with E-state index in [9.17, 15) is 4.79 Å². The number of nitrogens with zero attached hydrogens (tertiary/aromatic N) is 1. The van der Waals surface area contributed by atoms with E-state index < -0.39 is 0 Å². The third-order valence-corrected chi connectivity index (χ3v) is 3.48. The Morgan fingerprint density at radius 2 is 2.12 bits per heavy atom. The molecule has 0 unspecified atom stereocenters. The number of hydrogen-bond acceptors (Lipinski definition) is 2. The summed E-state index contributed by atoms with van der Waals surface area (Å²) in [6, 6.07) is 0.501. The lowest BCUT2D eigenvalue weighted by atomic mass is 9.94. The molecule has 1 fully saturated rings. The maximum atomic E-state index is 12.1. The van der Waals surface area contributed by atoms with Crippen molar-refractivity contribution in [3.63, 3.8) is 0 Å². The largest absolute Gasteiger partial charge is 0.340 e. The standard InChI is InChI=1S/C14H26N2O/c1-3-11-15-12-10-14(17)16(4-2)13-8-6-5-7-9-13/h3,13,15H,1,4-12H2,2H3. The van der Waals surface area contributed by atoms with Gasteiger partial charge >= 0.3 is 0 Å². The monoisotopic (exact) mass is 238 g/mol. The van der Waals surface area contributed by atoms with Gasteiger partial charge in [-0.25, -0.2) is 0 Å². The average Bonchev–Trinajstić information content (AvgIpc) is 2.37. The van der Waals surface area contributed by atoms with E-state index in [2.05, 4.69) is 23.7 Å². The van der Waals surface area contributed by atoms with Crippen molar-refractivity contribution >= 4 is 5.91 Å². The molecule has 0 aromatic rings. The van der Waals surface area contributed by atoms with Gasteiger partial charge in [0.15, 0.2) is 0 Å². The lowest BCUT2D eigenvalue weighted by molar-refractivity contribution is -0.133. The summed E-state index contributed by atoms with van der Waals surface area (Å²) < 4.78 is 0. The molecule has 0 heterocycles. The Morgan fingerprint density at radius 3 is 2.71 bits per heavy atom. The molecule has 1 amide bonds. The first-order chi connectivity index (χ1) is 8.29. The number of nitrogens with one attached hydrogen (secondary N) is 1. The van der Waals surface area contributed by atoms with Gasteiger partial charge in [0.2, 0.25) is 5.91 Å². The number of hydrogen-bond donors (Lipinski definition) is 1. The van der Waals surface area contributed by atoms with E-state index in [1.807, 2.05) is 6.08 Å². The second-order valence-electron chi connectivity index (χ2n) is 4.71. The molecule has 0 aromatic heterocycles. The van der Waals surface area contributed by atoms with Gasteiger partial charge in [-0.15, -0.1) is 6.58 Å². The van der Waals surface area contributed by atoms with Crippen molar-refractivity contribution in [3.8, 4) is 0 Å². The molecule has 0 spiro atoms. The lowest BCUT2D eigenvalue weighted by Gasteiger charge is -2.33. The van der Waals surface area contributed by atoms with Crippen LogP contribution in [0.25, 0.3) is 0 Å². The Morgan fingerprint density at radius 1 is 1.41 bits per heavy atom. The minimum absolute atomic E-state index is 0.302. The van der Waals surface area contributed by atoms with Crippen molar-refractivity contribution in [1.82, 2.24) is 10.2 Å². The van der Waals surface area contributed by atoms with Crippen molar-refractivity contribution in [2.45, 2.75) is 51.5 Å². The zero-order chi connectivity index (χ0) is 12.5. The first kappa shape index (κ1) is 14.2. The highest BCUT2D eigenvalue weighted by atomic mass is 16.2. The highest BCUT2D eigenvalue weighted by molar-refractivity contribution is 5.76. The van der Waals surface area contributed by atoms with E-state index in [1.165, 1.54) is 32.1 Å². The summed E-state index contributed by atoms with van der Waals surface area (Å²) in [6.07, 6.45) is 8.72. The van der Waals surface area contributed by atoms with Crippen LogP contribution in [0.3, 0.4) is 0 Å². The summed E-state index contributed by atoms with van der Waals surface area (Å²) in [7, 11) is 0. The van der Waals surface area contributed by atoms with Crippen LogP contribution in [0.1, 0.15) is 45.4 Å². The van der Waals surface area contributed by atoms with Crippen LogP contribution >= 0.6 is 0 Å². The normalized spacial score (nSPS) is 16.8. The Labute approximate surface area is 105 Å². The maximum absolute atomic E-state index is 12.1. The van der Waals surface area contributed by atoms with Gasteiger partial charge in [-0.1, -0.05) is 25.3 Å². The number of rotatable bonds is 7. The zero-order valence-electron chi connectivity index (χ0n) is 11.1. The first-order valence-corrected chi connectivity index (χ1v) is 6.90. The molecule has 1 N–H and O–H groups in total. The highest BCUT2D eigenvalue weighted by Crippen LogP contribution is 2.22. The van der Waals surface area contributed by atoms with Gasteiger partial charge in [0.05, 0.1) is 0 Å². The summed E-state index contributed by atoms with van der Waals surface area (Å²) in [5, 5.41) is 3.18. The van der Waals surface area contributed by atoms with Crippen molar-refractivity contribution in [2.24, 2.45) is 0 Å². The number of carbonyl (C=O) groups excluding carboxylic acids is 1. The van der Waals surface area contributed by atoms with Crippen LogP contribution in [0.15, 0.2) is 12.7 Å². The summed E-state index contributed by atoms with van der Waals surface area (Å²) >= 11 is 0. The van der Waals surface area contributed by atoms with Gasteiger partial charge < -0.3 is 10.2 Å². The van der Waals surface area contributed by atoms with Gasteiger partial charge in [-0.05, 0) is 19.8 Å². The van der Waals surface area contributed by atoms with E-state index in [0.29, 0.717) is 18.4 Å². The van der Waals surface area contributed by atoms with Crippen LogP contribution < -0.4 is 5.32 Å². The predicted octanol–water partition coefficient (Wildman–Crippen LogP) is 2.33. The Kier molecular flexibility index (Phi) is 6.94. The average molecular weight is 238 g/mol. The summed E-state index contributed by atoms with van der Waals surface area (Å²) in [5.74, 6) is 0.302. The smallest absolute Gasteiger partial charge is 0.224 e. The molecule has 0 atom stereocenters. The van der Waals surface area contributed by atoms with Crippen LogP contribution in [0.4, 0.5) is 0 Å². The van der Waals surface area contributed by atoms with E-state index in [-0.39, 0.29) is 0 Å². The molecule has 1 rings (SSSR count). The fourth-order valence-electron chi connectivity index (χ4n) is 2.57. The molecule has 3 heteroatoms. The molecular weight excluding hydrogens is 212 g/mol. The fourth-order valence-corrected chi connectivity index (χ4v) is 2.57. The summed E-state index contributed by atoms with van der Waals surface area (Å²) in [5.41, 5.74) is 0. The van der Waals surface area contributed by atoms with Crippen LogP contribution in [-0.4, -0.2) is 36.5 Å². The third-order valence-electron chi connectivity index (χ3n) is 3.48. The summed E-state index contributed by atoms with van der Waals surface area (Å²) in [6.45, 7) is 8.12. The van der Waals surface area contributed by atoms with Gasteiger partial charge in [-0.3, -0.25) is 4.79 Å². The second-order valence-corrected chi connectivity index (χ2v) is 4.71. The topological polar surface area (TPSA) is 32.3 Å². The van der Waals surface area contributed by atoms with Gasteiger partial charge in [0.25, 0.3) is 0 Å². The van der Waals surface area contributed by atoms with Gasteiger partial charge in [0.1, 0.15) is 0 Å². The number of amides is 1. The van der Waals surface area contributed by atoms with Crippen LogP contribution in [0.5, 0.6) is 0 Å². The van der Waals surface area contributed by atoms with Crippen molar-refractivity contribution in [1.29, 1.82) is 0 Å². The molecule has 1 aliphatic rings. The molecule has 0 saturated heterocycles. The zero-order valence-corrected chi connectivity index (χ0v) is 11.1. The number of carbonyl (C=O) groups is 1. The van der Waals surface area contributed by atoms with E-state index in [0.717, 1.165) is 19.6 Å². The van der Waals surface area contributed by atoms with Crippen LogP contribution in [0, 0.1) is 0 Å². The lowest BCUT2D eigenvalue weighted by Crippen LogP contribution is -2.42. The first-order valence-electron chi connectivity index (χ1n) is 6.90. The molecule has 0 aliphatic heterocycles. The minimum Gasteiger partial charge on any atom is -0.340 e. The van der Waals surface area contributed by atoms with Crippen LogP contribution in [0.2, 0.25) is 0 Å². The molecule has 1 saturated carbocycles. The van der Waals surface area contributed by atoms with Gasteiger partial charge in [0, 0.05) is 32.1 Å². The molecule has 0 aromatic carbocycles. The highest BCUT2D eigenvalue weighted by Gasteiger charge is 2.23. The quantitative estimate of drug-likeness (QED) is 0.545. The second kappa shape index (κ2) is 8.29. The molecule has 3 nitrogen and oxygen atoms in total. The van der Waals surface area contributed by atoms with Crippen molar-refractivity contribution in [3.05, 3.63) is 12.7 Å². The third kappa shape index (κ3) is 4.90. The fraction of sp³-hybridized carbons (Fsp3) is 0.786. The van der Waals surface area contributed by atoms with E-state index >= 15 is 0 Å². The van der Waals surface area contributed by atoms with E-state index in [4.69, 9.17) is 0 Å². The molecule has 0 radical (unpaired) electrons. The molecular formula is C14H26N2O. The van der Waals surface area contributed by atoms with Crippen molar-refractivity contribution < 1.29 is 4.79 Å². The van der Waals surface area contributed by atoms with Gasteiger partial charge in [-0.2, -0.15) is 0 Å². The maximum Gasteiger partial charge on any atom is 0.224 e. The Balaban J connectivity index is 2.31. The summed E-state index contributed by atoms with van der Waals surface area (Å²) in [4.78, 5) is 14.2. The van der Waals surface area contributed by atoms with Crippen LogP contribution in [-0.2, 0) is 4.79 Å². The molecule has 98 valence electrons. The van der Waals surface area contributed by atoms with Crippen molar-refractivity contribution in [2.75, 3.05) is 19.6 Å². The molecule has 1 aliphatic carbocycles. The molecule has 0 bridgehead atoms. The molecule has 17 heavy (non-hydrogen) atoms. The van der Waals surface area contributed by atoms with E-state index in [1.54, 1.807) is 0 Å². The Bertz CT molecular complexity index is 234. The minimum atomic E-state index is 0.302. The predicted molar refractivity (Wildman–Crippen MR) is 71.9 cm³/mol. The Hall–Kier alpha value is -0.830.